The van der Waals surface area contributed by atoms with Gasteiger partial charge in [0.1, 0.15) is 6.26 Å². The van der Waals surface area contributed by atoms with Crippen LogP contribution in [0.3, 0.4) is 0 Å². The second-order valence-electron chi connectivity index (χ2n) is 1.24. The molecule has 8 heavy (non-hydrogen) atoms. The molecule has 1 rings (SSSR count). The van der Waals surface area contributed by atoms with Gasteiger partial charge in [-0.15, -0.1) is 12.4 Å². The second kappa shape index (κ2) is 3.46. The molecule has 0 amide bonds. The minimum atomic E-state index is 0. The van der Waals surface area contributed by atoms with E-state index in [0.717, 1.165) is 5.56 Å². The first-order chi connectivity index (χ1) is 3.43. The Bertz CT molecular complexity index is 129. The van der Waals surface area contributed by atoms with Crippen LogP contribution in [-0.2, 0) is 6.54 Å². The van der Waals surface area contributed by atoms with Gasteiger partial charge in [-0.25, -0.2) is 0 Å². The summed E-state index contributed by atoms with van der Waals surface area (Å²) in [6.45, 7) is 0.503. The first-order valence-corrected chi connectivity index (χ1v) is 2.02. The molecule has 1 heterocycles. The van der Waals surface area contributed by atoms with Gasteiger partial charge in [-0.05, 0) is 0 Å². The molecule has 0 bridgehead atoms. The fraction of sp³-hybridized carbons (Fsp3) is 0.250. The van der Waals surface area contributed by atoms with Crippen molar-refractivity contribution in [2.45, 2.75) is 6.54 Å². The van der Waals surface area contributed by atoms with Crippen LogP contribution in [0.1, 0.15) is 5.56 Å². The highest BCUT2D eigenvalue weighted by Gasteiger charge is 1.85. The summed E-state index contributed by atoms with van der Waals surface area (Å²) in [6.07, 6.45) is 3.12. The van der Waals surface area contributed by atoms with Gasteiger partial charge in [-0.1, -0.05) is 5.16 Å². The van der Waals surface area contributed by atoms with E-state index in [2.05, 4.69) is 9.68 Å². The van der Waals surface area contributed by atoms with E-state index in [1.165, 1.54) is 6.26 Å². The Labute approximate surface area is 53.3 Å². The lowest BCUT2D eigenvalue weighted by Gasteiger charge is -1.75. The summed E-state index contributed by atoms with van der Waals surface area (Å²) in [5, 5.41) is 3.44. The predicted molar refractivity (Wildman–Crippen MR) is 31.6 cm³/mol. The number of nitrogens with two attached hydrogens (primary N) is 1. The monoisotopic (exact) mass is 134 g/mol. The van der Waals surface area contributed by atoms with Gasteiger partial charge >= 0.3 is 0 Å². The fourth-order valence-corrected chi connectivity index (χ4v) is 0.327. The van der Waals surface area contributed by atoms with Crippen LogP contribution in [0.25, 0.3) is 0 Å². The van der Waals surface area contributed by atoms with Crippen molar-refractivity contribution in [3.8, 4) is 0 Å². The molecule has 0 spiro atoms. The first-order valence-electron chi connectivity index (χ1n) is 2.02. The van der Waals surface area contributed by atoms with E-state index in [1.54, 1.807) is 6.20 Å². The molecule has 0 aliphatic heterocycles. The predicted octanol–water partition coefficient (Wildman–Crippen LogP) is 0.555. The van der Waals surface area contributed by atoms with Crippen LogP contribution in [0.15, 0.2) is 17.0 Å². The maximum absolute atomic E-state index is 5.19. The Morgan fingerprint density at radius 3 is 2.75 bits per heavy atom. The van der Waals surface area contributed by atoms with E-state index >= 15 is 0 Å². The van der Waals surface area contributed by atoms with Crippen molar-refractivity contribution in [3.05, 3.63) is 18.0 Å². The molecule has 4 heteroatoms. The van der Waals surface area contributed by atoms with Crippen molar-refractivity contribution in [2.24, 2.45) is 5.73 Å². The Balaban J connectivity index is 0.000000490. The number of nitrogens with zero attached hydrogens (tertiary/aromatic N) is 1. The van der Waals surface area contributed by atoms with Crippen molar-refractivity contribution in [3.63, 3.8) is 0 Å². The van der Waals surface area contributed by atoms with Crippen LogP contribution in [0.5, 0.6) is 0 Å². The summed E-state index contributed by atoms with van der Waals surface area (Å²) in [7, 11) is 0. The molecule has 0 fully saturated rings. The van der Waals surface area contributed by atoms with Gasteiger partial charge in [-0.2, -0.15) is 0 Å². The molecule has 0 radical (unpaired) electrons. The summed E-state index contributed by atoms with van der Waals surface area (Å²) < 4.78 is 4.48. The van der Waals surface area contributed by atoms with E-state index in [4.69, 9.17) is 5.73 Å². The van der Waals surface area contributed by atoms with Gasteiger partial charge in [0.25, 0.3) is 0 Å². The summed E-state index contributed by atoms with van der Waals surface area (Å²) in [4.78, 5) is 0. The maximum atomic E-state index is 5.19. The van der Waals surface area contributed by atoms with Crippen molar-refractivity contribution >= 4 is 12.4 Å². The zero-order valence-electron chi connectivity index (χ0n) is 4.20. The lowest BCUT2D eigenvalue weighted by Crippen LogP contribution is -1.92. The highest BCUT2D eigenvalue weighted by molar-refractivity contribution is 5.85. The molecule has 0 aromatic carbocycles. The molecule has 46 valence electrons. The molecular weight excluding hydrogens is 128 g/mol. The Morgan fingerprint density at radius 1 is 1.75 bits per heavy atom. The van der Waals surface area contributed by atoms with E-state index < -0.39 is 0 Å². The van der Waals surface area contributed by atoms with Gasteiger partial charge in [0.2, 0.25) is 0 Å². The van der Waals surface area contributed by atoms with Crippen LogP contribution >= 0.6 is 12.4 Å². The first kappa shape index (κ1) is 7.46. The van der Waals surface area contributed by atoms with Crippen LogP contribution in [0.4, 0.5) is 0 Å². The minimum absolute atomic E-state index is 0. The normalized spacial score (nSPS) is 8.12. The average Bonchev–Trinajstić information content (AvgIpc) is 2.14. The van der Waals surface area contributed by atoms with E-state index in [-0.39, 0.29) is 12.4 Å². The molecular formula is C4H7ClN2O. The van der Waals surface area contributed by atoms with E-state index in [0.29, 0.717) is 6.54 Å². The number of aromatic nitrogens is 1. The van der Waals surface area contributed by atoms with Crippen molar-refractivity contribution in [1.82, 2.24) is 5.16 Å². The van der Waals surface area contributed by atoms with Gasteiger partial charge in [-0.3, -0.25) is 0 Å². The Kier molecular flexibility index (Phi) is 3.23. The largest absolute Gasteiger partial charge is 0.364 e. The van der Waals surface area contributed by atoms with Gasteiger partial charge < -0.3 is 10.3 Å². The number of hydrogen-bond donors (Lipinski definition) is 1. The molecule has 3 nitrogen and oxygen atoms in total. The number of hydrogen-bond acceptors (Lipinski definition) is 3. The molecule has 0 unspecified atom stereocenters. The molecule has 1 aromatic rings. The maximum Gasteiger partial charge on any atom is 0.128 e. The third-order valence-electron chi connectivity index (χ3n) is 0.719. The highest BCUT2D eigenvalue weighted by atomic mass is 35.5. The second-order valence-corrected chi connectivity index (χ2v) is 1.24. The standard InChI is InChI=1S/C4H6N2O.ClH/c5-1-4-2-6-7-3-4;/h2-3H,1,5H2;1H. The van der Waals surface area contributed by atoms with Gasteiger partial charge in [0, 0.05) is 12.1 Å². The number of halogens is 1. The summed E-state index contributed by atoms with van der Waals surface area (Å²) in [6, 6.07) is 0. The lowest BCUT2D eigenvalue weighted by atomic mass is 10.4. The van der Waals surface area contributed by atoms with Gasteiger partial charge in [0.05, 0.1) is 6.20 Å². The van der Waals surface area contributed by atoms with Crippen LogP contribution in [0, 0.1) is 0 Å². The Morgan fingerprint density at radius 2 is 2.50 bits per heavy atom. The quantitative estimate of drug-likeness (QED) is 0.611. The third-order valence-corrected chi connectivity index (χ3v) is 0.719. The van der Waals surface area contributed by atoms with Crippen LogP contribution in [0.2, 0.25) is 0 Å². The molecule has 0 aliphatic carbocycles. The molecule has 0 saturated heterocycles. The zero-order valence-corrected chi connectivity index (χ0v) is 5.02. The summed E-state index contributed by atoms with van der Waals surface area (Å²) in [5.74, 6) is 0. The third kappa shape index (κ3) is 1.52. The van der Waals surface area contributed by atoms with E-state index in [1.807, 2.05) is 0 Å². The summed E-state index contributed by atoms with van der Waals surface area (Å²) in [5.41, 5.74) is 6.12. The van der Waals surface area contributed by atoms with Crippen molar-refractivity contribution < 1.29 is 4.52 Å². The van der Waals surface area contributed by atoms with E-state index in [9.17, 15) is 0 Å². The van der Waals surface area contributed by atoms with Crippen LogP contribution in [-0.4, -0.2) is 5.16 Å². The fourth-order valence-electron chi connectivity index (χ4n) is 0.327. The van der Waals surface area contributed by atoms with Crippen molar-refractivity contribution in [1.29, 1.82) is 0 Å². The average molecular weight is 135 g/mol. The smallest absolute Gasteiger partial charge is 0.128 e. The van der Waals surface area contributed by atoms with Gasteiger partial charge in [0.15, 0.2) is 0 Å². The molecule has 1 aromatic heterocycles. The highest BCUT2D eigenvalue weighted by Crippen LogP contribution is 1.91. The SMILES string of the molecule is Cl.NCc1cnoc1. The molecule has 0 saturated carbocycles. The number of rotatable bonds is 1. The molecule has 0 aliphatic rings. The minimum Gasteiger partial charge on any atom is -0.364 e. The van der Waals surface area contributed by atoms with Crippen molar-refractivity contribution in [2.75, 3.05) is 0 Å². The molecule has 0 atom stereocenters. The molecule has 2 N–H and O–H groups in total. The Hall–Kier alpha value is -0.540. The topological polar surface area (TPSA) is 52.0 Å². The summed E-state index contributed by atoms with van der Waals surface area (Å²) >= 11 is 0. The van der Waals surface area contributed by atoms with Crippen LogP contribution < -0.4 is 5.73 Å². The zero-order chi connectivity index (χ0) is 5.11. The lowest BCUT2D eigenvalue weighted by molar-refractivity contribution is 0.419.